The summed E-state index contributed by atoms with van der Waals surface area (Å²) in [5.41, 5.74) is 0.116. The Morgan fingerprint density at radius 2 is 1.92 bits per heavy atom. The van der Waals surface area contributed by atoms with Crippen molar-refractivity contribution in [3.63, 3.8) is 0 Å². The predicted molar refractivity (Wildman–Crippen MR) is 101 cm³/mol. The van der Waals surface area contributed by atoms with Gasteiger partial charge < -0.3 is 20.6 Å². The van der Waals surface area contributed by atoms with Crippen LogP contribution in [0.15, 0.2) is 24.3 Å². The molecule has 26 heavy (non-hydrogen) atoms. The Bertz CT molecular complexity index is 659. The quantitative estimate of drug-likeness (QED) is 0.703. The number of hydrogen-bond acceptors (Lipinski definition) is 3. The summed E-state index contributed by atoms with van der Waals surface area (Å²) >= 11 is 6.18. The second-order valence-corrected chi connectivity index (χ2v) is 7.72. The zero-order valence-electron chi connectivity index (χ0n) is 14.8. The summed E-state index contributed by atoms with van der Waals surface area (Å²) in [7, 11) is 0. The Labute approximate surface area is 158 Å². The van der Waals surface area contributed by atoms with Gasteiger partial charge in [-0.3, -0.25) is 4.79 Å². The maximum absolute atomic E-state index is 12.5. The molecule has 1 saturated carbocycles. The number of hydrogen-bond donors (Lipinski definition) is 3. The Kier molecular flexibility index (Phi) is 6.04. The molecule has 2 fully saturated rings. The minimum Gasteiger partial charge on any atom is -0.394 e. The number of urea groups is 1. The molecule has 3 rings (SSSR count). The molecule has 3 N–H and O–H groups in total. The zero-order chi connectivity index (χ0) is 18.6. The van der Waals surface area contributed by atoms with E-state index in [2.05, 4.69) is 10.6 Å². The monoisotopic (exact) mass is 379 g/mol. The molecule has 1 unspecified atom stereocenters. The molecule has 0 bridgehead atoms. The normalized spacial score (nSPS) is 22.8. The van der Waals surface area contributed by atoms with E-state index in [0.29, 0.717) is 17.3 Å². The second kappa shape index (κ2) is 8.27. The first-order valence-electron chi connectivity index (χ1n) is 9.27. The average molecular weight is 380 g/mol. The van der Waals surface area contributed by atoms with E-state index in [4.69, 9.17) is 11.6 Å². The van der Waals surface area contributed by atoms with Crippen LogP contribution in [0.25, 0.3) is 0 Å². The first kappa shape index (κ1) is 19.0. The van der Waals surface area contributed by atoms with Crippen LogP contribution in [0.1, 0.15) is 44.9 Å². The van der Waals surface area contributed by atoms with Crippen molar-refractivity contribution in [3.05, 3.63) is 29.3 Å². The van der Waals surface area contributed by atoms with Gasteiger partial charge in [0.25, 0.3) is 0 Å². The number of nitrogens with one attached hydrogen (secondary N) is 2. The van der Waals surface area contributed by atoms with Gasteiger partial charge in [0.05, 0.1) is 28.9 Å². The van der Waals surface area contributed by atoms with Gasteiger partial charge >= 0.3 is 6.03 Å². The van der Waals surface area contributed by atoms with Crippen LogP contribution in [0.3, 0.4) is 0 Å². The molecule has 142 valence electrons. The summed E-state index contributed by atoms with van der Waals surface area (Å²) < 4.78 is 0. The van der Waals surface area contributed by atoms with Crippen LogP contribution in [0.4, 0.5) is 10.5 Å². The minimum absolute atomic E-state index is 0.0598. The van der Waals surface area contributed by atoms with Crippen LogP contribution in [0.2, 0.25) is 5.02 Å². The summed E-state index contributed by atoms with van der Waals surface area (Å²) in [6, 6.07) is 6.60. The first-order chi connectivity index (χ1) is 12.5. The Hall–Kier alpha value is -1.79. The molecule has 3 amide bonds. The Morgan fingerprint density at radius 3 is 2.58 bits per heavy atom. The van der Waals surface area contributed by atoms with E-state index in [0.717, 1.165) is 38.5 Å². The summed E-state index contributed by atoms with van der Waals surface area (Å²) in [5.74, 6) is -0.0604. The van der Waals surface area contributed by atoms with Gasteiger partial charge in [-0.25, -0.2) is 4.79 Å². The van der Waals surface area contributed by atoms with Crippen LogP contribution in [0.5, 0.6) is 0 Å². The molecule has 1 aliphatic carbocycles. The zero-order valence-corrected chi connectivity index (χ0v) is 15.6. The van der Waals surface area contributed by atoms with Gasteiger partial charge in [0.15, 0.2) is 0 Å². The predicted octanol–water partition coefficient (Wildman–Crippen LogP) is 2.83. The van der Waals surface area contributed by atoms with Crippen LogP contribution >= 0.6 is 11.6 Å². The number of para-hydroxylation sites is 1. The fraction of sp³-hybridized carbons (Fsp3) is 0.579. The highest BCUT2D eigenvalue weighted by Gasteiger charge is 2.35. The van der Waals surface area contributed by atoms with E-state index in [9.17, 15) is 14.7 Å². The third-order valence-corrected chi connectivity index (χ3v) is 5.67. The highest BCUT2D eigenvalue weighted by molar-refractivity contribution is 6.33. The van der Waals surface area contributed by atoms with Crippen molar-refractivity contribution in [2.24, 2.45) is 0 Å². The molecular weight excluding hydrogens is 354 g/mol. The molecule has 2 aliphatic rings. The van der Waals surface area contributed by atoms with Gasteiger partial charge in [-0.2, -0.15) is 0 Å². The molecule has 1 aromatic carbocycles. The lowest BCUT2D eigenvalue weighted by Gasteiger charge is -2.32. The SMILES string of the molecule is O=C(NC1CC(=O)N(c2ccccc2Cl)C1)NC1(CO)CCCCCC1. The maximum atomic E-state index is 12.5. The first-order valence-corrected chi connectivity index (χ1v) is 9.65. The van der Waals surface area contributed by atoms with Gasteiger partial charge in [-0.1, -0.05) is 49.4 Å². The Balaban J connectivity index is 1.60. The molecule has 1 atom stereocenters. The number of amides is 3. The second-order valence-electron chi connectivity index (χ2n) is 7.31. The topological polar surface area (TPSA) is 81.7 Å². The average Bonchev–Trinajstić information content (AvgIpc) is 2.82. The molecule has 1 heterocycles. The lowest BCUT2D eigenvalue weighted by molar-refractivity contribution is -0.117. The van der Waals surface area contributed by atoms with Gasteiger partial charge in [0, 0.05) is 13.0 Å². The van der Waals surface area contributed by atoms with E-state index in [-0.39, 0.29) is 31.0 Å². The molecule has 1 saturated heterocycles. The highest BCUT2D eigenvalue weighted by atomic mass is 35.5. The van der Waals surface area contributed by atoms with Crippen LogP contribution in [-0.2, 0) is 4.79 Å². The van der Waals surface area contributed by atoms with Crippen molar-refractivity contribution in [2.75, 3.05) is 18.1 Å². The number of nitrogens with zero attached hydrogens (tertiary/aromatic N) is 1. The standard InChI is InChI=1S/C19H26ClN3O3/c20-15-7-3-4-8-16(15)23-12-14(11-17(23)25)21-18(26)22-19(13-24)9-5-1-2-6-10-19/h3-4,7-8,14,24H,1-2,5-6,9-13H2,(H2,21,22,26). The lowest BCUT2D eigenvalue weighted by Crippen LogP contribution is -2.56. The van der Waals surface area contributed by atoms with Crippen LogP contribution < -0.4 is 15.5 Å². The number of aliphatic hydroxyl groups excluding tert-OH is 1. The van der Waals surface area contributed by atoms with E-state index >= 15 is 0 Å². The smallest absolute Gasteiger partial charge is 0.315 e. The van der Waals surface area contributed by atoms with Crippen molar-refractivity contribution in [2.45, 2.75) is 56.5 Å². The summed E-state index contributed by atoms with van der Waals surface area (Å²) in [6.07, 6.45) is 6.08. The largest absolute Gasteiger partial charge is 0.394 e. The van der Waals surface area contributed by atoms with Crippen LogP contribution in [-0.4, -0.2) is 41.8 Å². The highest BCUT2D eigenvalue weighted by Crippen LogP contribution is 2.29. The van der Waals surface area contributed by atoms with E-state index in [1.165, 1.54) is 0 Å². The van der Waals surface area contributed by atoms with Gasteiger partial charge in [-0.05, 0) is 25.0 Å². The van der Waals surface area contributed by atoms with Gasteiger partial charge in [-0.15, -0.1) is 0 Å². The number of halogens is 1. The summed E-state index contributed by atoms with van der Waals surface area (Å²) in [6.45, 7) is 0.331. The van der Waals surface area contributed by atoms with Crippen molar-refractivity contribution in [1.82, 2.24) is 10.6 Å². The number of benzene rings is 1. The fourth-order valence-electron chi connectivity index (χ4n) is 3.90. The van der Waals surface area contributed by atoms with Crippen molar-refractivity contribution in [1.29, 1.82) is 0 Å². The van der Waals surface area contributed by atoms with Crippen molar-refractivity contribution in [3.8, 4) is 0 Å². The number of carbonyl (C=O) groups is 2. The van der Waals surface area contributed by atoms with E-state index in [1.807, 2.05) is 12.1 Å². The third kappa shape index (κ3) is 4.30. The summed E-state index contributed by atoms with van der Waals surface area (Å²) in [5, 5.41) is 16.2. The lowest BCUT2D eigenvalue weighted by atomic mass is 9.91. The molecule has 0 radical (unpaired) electrons. The van der Waals surface area contributed by atoms with Crippen molar-refractivity contribution < 1.29 is 14.7 Å². The van der Waals surface area contributed by atoms with Gasteiger partial charge in [0.1, 0.15) is 0 Å². The van der Waals surface area contributed by atoms with E-state index < -0.39 is 5.54 Å². The van der Waals surface area contributed by atoms with E-state index in [1.54, 1.807) is 17.0 Å². The maximum Gasteiger partial charge on any atom is 0.315 e. The molecule has 6 nitrogen and oxygen atoms in total. The van der Waals surface area contributed by atoms with Gasteiger partial charge in [0.2, 0.25) is 5.91 Å². The summed E-state index contributed by atoms with van der Waals surface area (Å²) in [4.78, 5) is 26.4. The number of anilines is 1. The molecule has 0 spiro atoms. The number of aliphatic hydroxyl groups is 1. The Morgan fingerprint density at radius 1 is 1.23 bits per heavy atom. The molecule has 1 aromatic rings. The minimum atomic E-state index is -0.550. The number of carbonyl (C=O) groups excluding carboxylic acids is 2. The molecular formula is C19H26ClN3O3. The third-order valence-electron chi connectivity index (χ3n) is 5.35. The van der Waals surface area contributed by atoms with Crippen LogP contribution in [0, 0.1) is 0 Å². The molecule has 0 aromatic heterocycles. The molecule has 7 heteroatoms. The fourth-order valence-corrected chi connectivity index (χ4v) is 4.14. The number of rotatable bonds is 4. The van der Waals surface area contributed by atoms with Crippen molar-refractivity contribution >= 4 is 29.2 Å². The molecule has 1 aliphatic heterocycles.